The van der Waals surface area contributed by atoms with E-state index in [4.69, 9.17) is 4.74 Å². The Labute approximate surface area is 119 Å². The van der Waals surface area contributed by atoms with Gasteiger partial charge in [-0.05, 0) is 30.0 Å². The van der Waals surface area contributed by atoms with Gasteiger partial charge in [-0.15, -0.1) is 0 Å². The number of anilines is 1. The molecule has 1 atom stereocenters. The molecule has 1 amide bonds. The van der Waals surface area contributed by atoms with Crippen LogP contribution in [0.1, 0.15) is 25.8 Å². The molecule has 5 heteroatoms. The number of aliphatic hydroxyl groups excluding tert-OH is 1. The van der Waals surface area contributed by atoms with E-state index in [-0.39, 0.29) is 25.2 Å². The van der Waals surface area contributed by atoms with Crippen molar-refractivity contribution in [2.45, 2.75) is 32.9 Å². The zero-order valence-electron chi connectivity index (χ0n) is 12.0. The molecule has 5 nitrogen and oxygen atoms in total. The van der Waals surface area contributed by atoms with Crippen molar-refractivity contribution in [1.82, 2.24) is 5.32 Å². The zero-order valence-corrected chi connectivity index (χ0v) is 12.0. The summed E-state index contributed by atoms with van der Waals surface area (Å²) in [5.41, 5.74) is 1.77. The minimum absolute atomic E-state index is 0.0750. The lowest BCUT2D eigenvalue weighted by molar-refractivity contribution is -0.118. The van der Waals surface area contributed by atoms with E-state index in [1.54, 1.807) is 0 Å². The van der Waals surface area contributed by atoms with E-state index in [0.717, 1.165) is 12.0 Å². The van der Waals surface area contributed by atoms with E-state index >= 15 is 0 Å². The second-order valence-electron chi connectivity index (χ2n) is 5.56. The molecular weight excluding hydrogens is 256 g/mol. The van der Waals surface area contributed by atoms with Gasteiger partial charge in [0.1, 0.15) is 5.75 Å². The van der Waals surface area contributed by atoms with Gasteiger partial charge in [-0.2, -0.15) is 0 Å². The number of nitrogens with one attached hydrogen (secondary N) is 2. The number of ether oxygens (including phenoxy) is 1. The summed E-state index contributed by atoms with van der Waals surface area (Å²) in [7, 11) is 0. The Balaban J connectivity index is 1.96. The SMILES string of the molecule is CC(C)CC(CO)NCc1ccc2c(c1)NC(=O)CO2. The number of aliphatic hydroxyl groups is 1. The molecule has 1 aliphatic rings. The maximum atomic E-state index is 11.3. The fourth-order valence-corrected chi connectivity index (χ4v) is 2.29. The number of hydrogen-bond acceptors (Lipinski definition) is 4. The molecule has 0 spiro atoms. The minimum atomic E-state index is -0.129. The average molecular weight is 278 g/mol. The van der Waals surface area contributed by atoms with Crippen LogP contribution in [0.25, 0.3) is 0 Å². The van der Waals surface area contributed by atoms with Crippen LogP contribution < -0.4 is 15.4 Å². The predicted molar refractivity (Wildman–Crippen MR) is 77.7 cm³/mol. The lowest BCUT2D eigenvalue weighted by atomic mass is 10.0. The van der Waals surface area contributed by atoms with Gasteiger partial charge in [0.05, 0.1) is 12.3 Å². The van der Waals surface area contributed by atoms with Crippen molar-refractivity contribution in [3.05, 3.63) is 23.8 Å². The largest absolute Gasteiger partial charge is 0.482 e. The summed E-state index contributed by atoms with van der Waals surface area (Å²) in [5.74, 6) is 1.11. The molecule has 0 saturated carbocycles. The second-order valence-corrected chi connectivity index (χ2v) is 5.56. The van der Waals surface area contributed by atoms with Crippen molar-refractivity contribution in [2.75, 3.05) is 18.5 Å². The van der Waals surface area contributed by atoms with E-state index in [1.165, 1.54) is 0 Å². The van der Waals surface area contributed by atoms with E-state index in [0.29, 0.717) is 23.9 Å². The Morgan fingerprint density at radius 1 is 1.45 bits per heavy atom. The molecule has 3 N–H and O–H groups in total. The van der Waals surface area contributed by atoms with Crippen molar-refractivity contribution < 1.29 is 14.6 Å². The second kappa shape index (κ2) is 6.72. The molecule has 0 aliphatic carbocycles. The zero-order chi connectivity index (χ0) is 14.5. The van der Waals surface area contributed by atoms with Crippen LogP contribution in [0.15, 0.2) is 18.2 Å². The maximum absolute atomic E-state index is 11.3. The highest BCUT2D eigenvalue weighted by Gasteiger charge is 2.16. The van der Waals surface area contributed by atoms with Crippen molar-refractivity contribution in [3.63, 3.8) is 0 Å². The van der Waals surface area contributed by atoms with E-state index in [1.807, 2.05) is 18.2 Å². The summed E-state index contributed by atoms with van der Waals surface area (Å²) in [6.07, 6.45) is 0.932. The summed E-state index contributed by atoms with van der Waals surface area (Å²) in [6.45, 7) is 5.13. The van der Waals surface area contributed by atoms with Crippen LogP contribution in [-0.2, 0) is 11.3 Å². The van der Waals surface area contributed by atoms with E-state index in [9.17, 15) is 9.90 Å². The molecule has 1 heterocycles. The number of carbonyl (C=O) groups excluding carboxylic acids is 1. The quantitative estimate of drug-likeness (QED) is 0.738. The highest BCUT2D eigenvalue weighted by atomic mass is 16.5. The first-order valence-corrected chi connectivity index (χ1v) is 6.98. The fraction of sp³-hybridized carbons (Fsp3) is 0.533. The molecule has 0 radical (unpaired) electrons. The average Bonchev–Trinajstić information content (AvgIpc) is 2.42. The van der Waals surface area contributed by atoms with Gasteiger partial charge >= 0.3 is 0 Å². The number of carbonyl (C=O) groups is 1. The van der Waals surface area contributed by atoms with Gasteiger partial charge in [0.25, 0.3) is 5.91 Å². The molecule has 1 unspecified atom stereocenters. The molecule has 1 aromatic rings. The van der Waals surface area contributed by atoms with Crippen molar-refractivity contribution >= 4 is 11.6 Å². The van der Waals surface area contributed by atoms with Crippen LogP contribution in [0.4, 0.5) is 5.69 Å². The number of fused-ring (bicyclic) bond motifs is 1. The summed E-state index contributed by atoms with van der Waals surface area (Å²) >= 11 is 0. The van der Waals surface area contributed by atoms with Gasteiger partial charge in [0.15, 0.2) is 6.61 Å². The topological polar surface area (TPSA) is 70.6 Å². The Morgan fingerprint density at radius 3 is 2.95 bits per heavy atom. The summed E-state index contributed by atoms with van der Waals surface area (Å²) in [5, 5.41) is 15.5. The number of amides is 1. The Bertz CT molecular complexity index is 474. The number of benzene rings is 1. The Kier molecular flexibility index (Phi) is 4.98. The van der Waals surface area contributed by atoms with Gasteiger partial charge in [-0.1, -0.05) is 19.9 Å². The van der Waals surface area contributed by atoms with Gasteiger partial charge < -0.3 is 20.5 Å². The van der Waals surface area contributed by atoms with Crippen LogP contribution in [-0.4, -0.2) is 30.3 Å². The molecule has 1 aromatic carbocycles. The maximum Gasteiger partial charge on any atom is 0.262 e. The molecular formula is C15H22N2O3. The predicted octanol–water partition coefficient (Wildman–Crippen LogP) is 1.51. The molecule has 0 aromatic heterocycles. The van der Waals surface area contributed by atoms with Crippen LogP contribution in [0.5, 0.6) is 5.75 Å². The molecule has 1 aliphatic heterocycles. The first kappa shape index (κ1) is 14.8. The number of hydrogen-bond donors (Lipinski definition) is 3. The smallest absolute Gasteiger partial charge is 0.262 e. The lowest BCUT2D eigenvalue weighted by Gasteiger charge is -2.20. The third kappa shape index (κ3) is 3.95. The van der Waals surface area contributed by atoms with E-state index < -0.39 is 0 Å². The van der Waals surface area contributed by atoms with Crippen LogP contribution in [0.3, 0.4) is 0 Å². The monoisotopic (exact) mass is 278 g/mol. The van der Waals surface area contributed by atoms with Gasteiger partial charge in [-0.25, -0.2) is 0 Å². The first-order chi connectivity index (χ1) is 9.58. The van der Waals surface area contributed by atoms with Crippen LogP contribution in [0.2, 0.25) is 0 Å². The highest BCUT2D eigenvalue weighted by molar-refractivity contribution is 5.95. The first-order valence-electron chi connectivity index (χ1n) is 6.98. The van der Waals surface area contributed by atoms with E-state index in [2.05, 4.69) is 24.5 Å². The molecule has 20 heavy (non-hydrogen) atoms. The third-order valence-corrected chi connectivity index (χ3v) is 3.25. The van der Waals surface area contributed by atoms with Gasteiger partial charge in [0, 0.05) is 12.6 Å². The number of rotatable bonds is 6. The van der Waals surface area contributed by atoms with Crippen LogP contribution in [0, 0.1) is 5.92 Å². The fourth-order valence-electron chi connectivity index (χ4n) is 2.29. The normalized spacial score (nSPS) is 15.5. The van der Waals surface area contributed by atoms with Crippen LogP contribution >= 0.6 is 0 Å². The van der Waals surface area contributed by atoms with Crippen molar-refractivity contribution in [1.29, 1.82) is 0 Å². The Morgan fingerprint density at radius 2 is 2.25 bits per heavy atom. The van der Waals surface area contributed by atoms with Crippen molar-refractivity contribution in [2.24, 2.45) is 5.92 Å². The molecule has 0 bridgehead atoms. The van der Waals surface area contributed by atoms with Gasteiger partial charge in [0.2, 0.25) is 0 Å². The van der Waals surface area contributed by atoms with Gasteiger partial charge in [-0.3, -0.25) is 4.79 Å². The summed E-state index contributed by atoms with van der Waals surface area (Å²) < 4.78 is 5.32. The highest BCUT2D eigenvalue weighted by Crippen LogP contribution is 2.28. The molecule has 0 fully saturated rings. The van der Waals surface area contributed by atoms with Crippen molar-refractivity contribution in [3.8, 4) is 5.75 Å². The molecule has 2 rings (SSSR count). The standard InChI is InChI=1S/C15H22N2O3/c1-10(2)5-12(8-18)16-7-11-3-4-14-13(6-11)17-15(19)9-20-14/h3-4,6,10,12,16,18H,5,7-9H2,1-2H3,(H,17,19). The Hall–Kier alpha value is -1.59. The third-order valence-electron chi connectivity index (χ3n) is 3.25. The summed E-state index contributed by atoms with van der Waals surface area (Å²) in [6, 6.07) is 5.83. The molecule has 0 saturated heterocycles. The minimum Gasteiger partial charge on any atom is -0.482 e. The summed E-state index contributed by atoms with van der Waals surface area (Å²) in [4.78, 5) is 11.3. The molecule has 110 valence electrons. The lowest BCUT2D eigenvalue weighted by Crippen LogP contribution is -2.33.